The van der Waals surface area contributed by atoms with Crippen molar-refractivity contribution in [2.24, 2.45) is 0 Å². The molecule has 2 aromatic carbocycles. The summed E-state index contributed by atoms with van der Waals surface area (Å²) in [7, 11) is 0. The first-order chi connectivity index (χ1) is 12.5. The van der Waals surface area contributed by atoms with Crippen molar-refractivity contribution < 1.29 is 14.5 Å². The first kappa shape index (κ1) is 18.2. The second kappa shape index (κ2) is 7.72. The van der Waals surface area contributed by atoms with Gasteiger partial charge in [0, 0.05) is 42.3 Å². The number of nitro groups is 1. The molecule has 2 aromatic rings. The fourth-order valence-electron chi connectivity index (χ4n) is 2.82. The van der Waals surface area contributed by atoms with Gasteiger partial charge in [-0.25, -0.2) is 0 Å². The number of halogens is 1. The van der Waals surface area contributed by atoms with E-state index in [4.69, 9.17) is 16.3 Å². The van der Waals surface area contributed by atoms with Crippen LogP contribution in [0, 0.1) is 10.1 Å². The van der Waals surface area contributed by atoms with Gasteiger partial charge in [0.2, 0.25) is 5.75 Å². The van der Waals surface area contributed by atoms with Crippen molar-refractivity contribution in [2.75, 3.05) is 19.6 Å². The Kier molecular flexibility index (Phi) is 5.39. The summed E-state index contributed by atoms with van der Waals surface area (Å²) in [6.45, 7) is 4.21. The van der Waals surface area contributed by atoms with Crippen LogP contribution in [0.1, 0.15) is 17.3 Å². The van der Waals surface area contributed by atoms with Crippen molar-refractivity contribution in [1.29, 1.82) is 0 Å². The second-order valence-electron chi connectivity index (χ2n) is 6.05. The third-order valence-electron chi connectivity index (χ3n) is 4.21. The van der Waals surface area contributed by atoms with Gasteiger partial charge in [0.15, 0.2) is 0 Å². The number of nitrogens with zero attached hydrogens (tertiary/aromatic N) is 2. The molecule has 8 heteroatoms. The van der Waals surface area contributed by atoms with Gasteiger partial charge in [0.25, 0.3) is 5.91 Å². The smallest absolute Gasteiger partial charge is 0.313 e. The minimum Gasteiger partial charge on any atom is -0.450 e. The standard InChI is InChI=1S/C18H18ClN3O4/c1-12-11-20-8-9-21(12)18(23)13-2-5-15(6-3-13)26-17-7-4-14(19)10-16(17)22(24)25/h2-7,10,12,20H,8-9,11H2,1H3/t12-/m0/s1. The Morgan fingerprint density at radius 2 is 2.04 bits per heavy atom. The lowest BCUT2D eigenvalue weighted by Crippen LogP contribution is -2.52. The Hall–Kier alpha value is -2.64. The van der Waals surface area contributed by atoms with Gasteiger partial charge < -0.3 is 15.0 Å². The number of hydrogen-bond donors (Lipinski definition) is 1. The van der Waals surface area contributed by atoms with E-state index in [1.54, 1.807) is 24.3 Å². The van der Waals surface area contributed by atoms with E-state index in [9.17, 15) is 14.9 Å². The van der Waals surface area contributed by atoms with Gasteiger partial charge in [-0.1, -0.05) is 11.6 Å². The number of piperazine rings is 1. The Bertz CT molecular complexity index is 826. The average molecular weight is 376 g/mol. The molecule has 1 heterocycles. The van der Waals surface area contributed by atoms with E-state index < -0.39 is 4.92 Å². The Morgan fingerprint density at radius 3 is 2.69 bits per heavy atom. The maximum Gasteiger partial charge on any atom is 0.313 e. The van der Waals surface area contributed by atoms with E-state index >= 15 is 0 Å². The number of amides is 1. The highest BCUT2D eigenvalue weighted by atomic mass is 35.5. The van der Waals surface area contributed by atoms with Crippen molar-refractivity contribution in [2.45, 2.75) is 13.0 Å². The van der Waals surface area contributed by atoms with E-state index in [-0.39, 0.29) is 28.4 Å². The van der Waals surface area contributed by atoms with E-state index in [0.29, 0.717) is 17.9 Å². The van der Waals surface area contributed by atoms with Crippen LogP contribution in [0.2, 0.25) is 5.02 Å². The quantitative estimate of drug-likeness (QED) is 0.653. The number of benzene rings is 2. The van der Waals surface area contributed by atoms with Crippen LogP contribution in [0.4, 0.5) is 5.69 Å². The minimum absolute atomic E-state index is 0.0389. The van der Waals surface area contributed by atoms with Crippen LogP contribution in [-0.2, 0) is 0 Å². The van der Waals surface area contributed by atoms with Crippen LogP contribution >= 0.6 is 11.6 Å². The number of rotatable bonds is 4. The largest absolute Gasteiger partial charge is 0.450 e. The SMILES string of the molecule is C[C@H]1CNCCN1C(=O)c1ccc(Oc2ccc(Cl)cc2[N+](=O)[O-])cc1. The lowest BCUT2D eigenvalue weighted by Gasteiger charge is -2.34. The van der Waals surface area contributed by atoms with Crippen LogP contribution in [0.15, 0.2) is 42.5 Å². The topological polar surface area (TPSA) is 84.7 Å². The molecule has 1 saturated heterocycles. The predicted molar refractivity (Wildman–Crippen MR) is 98.0 cm³/mol. The molecule has 0 aromatic heterocycles. The molecule has 1 fully saturated rings. The molecule has 1 aliphatic rings. The summed E-state index contributed by atoms with van der Waals surface area (Å²) in [4.78, 5) is 25.0. The normalized spacial score (nSPS) is 17.0. The summed E-state index contributed by atoms with van der Waals surface area (Å²) in [6, 6.07) is 10.9. The third kappa shape index (κ3) is 3.95. The first-order valence-electron chi connectivity index (χ1n) is 8.19. The summed E-state index contributed by atoms with van der Waals surface area (Å²) in [6.07, 6.45) is 0. The molecule has 3 rings (SSSR count). The molecule has 0 aliphatic carbocycles. The molecule has 1 atom stereocenters. The highest BCUT2D eigenvalue weighted by Crippen LogP contribution is 2.33. The van der Waals surface area contributed by atoms with E-state index in [1.807, 2.05) is 11.8 Å². The first-order valence-corrected chi connectivity index (χ1v) is 8.57. The Labute approximate surface area is 155 Å². The van der Waals surface area contributed by atoms with Crippen LogP contribution in [0.3, 0.4) is 0 Å². The highest BCUT2D eigenvalue weighted by Gasteiger charge is 2.24. The Morgan fingerprint density at radius 1 is 1.31 bits per heavy atom. The fraction of sp³-hybridized carbons (Fsp3) is 0.278. The zero-order valence-corrected chi connectivity index (χ0v) is 14.9. The Balaban J connectivity index is 1.76. The van der Waals surface area contributed by atoms with Gasteiger partial charge in [-0.05, 0) is 43.3 Å². The zero-order chi connectivity index (χ0) is 18.7. The van der Waals surface area contributed by atoms with Crippen molar-refractivity contribution in [1.82, 2.24) is 10.2 Å². The van der Waals surface area contributed by atoms with Gasteiger partial charge in [-0.3, -0.25) is 14.9 Å². The molecule has 0 unspecified atom stereocenters. The molecule has 1 aliphatic heterocycles. The van der Waals surface area contributed by atoms with Gasteiger partial charge in [0.05, 0.1) is 4.92 Å². The van der Waals surface area contributed by atoms with Gasteiger partial charge in [-0.2, -0.15) is 0 Å². The molecular formula is C18H18ClN3O4. The molecule has 0 bridgehead atoms. The lowest BCUT2D eigenvalue weighted by atomic mass is 10.1. The van der Waals surface area contributed by atoms with Crippen molar-refractivity contribution in [3.8, 4) is 11.5 Å². The number of nitrogens with one attached hydrogen (secondary N) is 1. The number of carbonyl (C=O) groups excluding carboxylic acids is 1. The molecular weight excluding hydrogens is 358 g/mol. The van der Waals surface area contributed by atoms with E-state index in [0.717, 1.165) is 13.1 Å². The summed E-state index contributed by atoms with van der Waals surface area (Å²) < 4.78 is 5.59. The molecule has 0 saturated carbocycles. The molecule has 1 amide bonds. The summed E-state index contributed by atoms with van der Waals surface area (Å²) in [5.74, 6) is 0.456. The third-order valence-corrected chi connectivity index (χ3v) is 4.44. The number of nitro benzene ring substituents is 1. The number of ether oxygens (including phenoxy) is 1. The predicted octanol–water partition coefficient (Wildman–Crippen LogP) is 3.47. The molecule has 0 spiro atoms. The van der Waals surface area contributed by atoms with Gasteiger partial charge in [0.1, 0.15) is 5.75 Å². The molecule has 7 nitrogen and oxygen atoms in total. The summed E-state index contributed by atoms with van der Waals surface area (Å²) >= 11 is 5.80. The summed E-state index contributed by atoms with van der Waals surface area (Å²) in [5, 5.41) is 14.6. The highest BCUT2D eigenvalue weighted by molar-refractivity contribution is 6.30. The minimum atomic E-state index is -0.551. The van der Waals surface area contributed by atoms with E-state index in [2.05, 4.69) is 5.32 Å². The molecule has 0 radical (unpaired) electrons. The maximum atomic E-state index is 12.6. The van der Waals surface area contributed by atoms with Crippen molar-refractivity contribution in [3.05, 3.63) is 63.2 Å². The van der Waals surface area contributed by atoms with Gasteiger partial charge in [-0.15, -0.1) is 0 Å². The number of hydrogen-bond acceptors (Lipinski definition) is 5. The van der Waals surface area contributed by atoms with Crippen molar-refractivity contribution >= 4 is 23.2 Å². The lowest BCUT2D eigenvalue weighted by molar-refractivity contribution is -0.385. The summed E-state index contributed by atoms with van der Waals surface area (Å²) in [5.41, 5.74) is 0.337. The van der Waals surface area contributed by atoms with Crippen LogP contribution < -0.4 is 10.1 Å². The molecule has 136 valence electrons. The zero-order valence-electron chi connectivity index (χ0n) is 14.1. The molecule has 1 N–H and O–H groups in total. The second-order valence-corrected chi connectivity index (χ2v) is 6.48. The van der Waals surface area contributed by atoms with E-state index in [1.165, 1.54) is 18.2 Å². The van der Waals surface area contributed by atoms with Crippen LogP contribution in [-0.4, -0.2) is 41.4 Å². The van der Waals surface area contributed by atoms with Crippen molar-refractivity contribution in [3.63, 3.8) is 0 Å². The number of carbonyl (C=O) groups is 1. The van der Waals surface area contributed by atoms with Crippen LogP contribution in [0.25, 0.3) is 0 Å². The maximum absolute atomic E-state index is 12.6. The average Bonchev–Trinajstić information content (AvgIpc) is 2.63. The van der Waals surface area contributed by atoms with Crippen LogP contribution in [0.5, 0.6) is 11.5 Å². The molecule has 26 heavy (non-hydrogen) atoms. The van der Waals surface area contributed by atoms with Gasteiger partial charge >= 0.3 is 5.69 Å². The fourth-order valence-corrected chi connectivity index (χ4v) is 2.99. The monoisotopic (exact) mass is 375 g/mol.